The molecular weight excluding hydrogens is 304 g/mol. The van der Waals surface area contributed by atoms with Crippen molar-refractivity contribution in [1.82, 2.24) is 4.31 Å². The van der Waals surface area contributed by atoms with Gasteiger partial charge in [0.25, 0.3) is 0 Å². The number of carbonyl (C=O) groups is 1. The minimum absolute atomic E-state index is 0.0816. The van der Waals surface area contributed by atoms with E-state index in [0.29, 0.717) is 31.1 Å². The number of ether oxygens (including phenoxy) is 1. The average molecular weight is 324 g/mol. The third-order valence-electron chi connectivity index (χ3n) is 3.38. The minimum Gasteiger partial charge on any atom is -0.492 e. The van der Waals surface area contributed by atoms with E-state index in [0.717, 1.165) is 18.9 Å². The van der Waals surface area contributed by atoms with Crippen LogP contribution in [0.4, 0.5) is 5.69 Å². The van der Waals surface area contributed by atoms with E-state index in [1.165, 1.54) is 10.4 Å². The van der Waals surface area contributed by atoms with Crippen molar-refractivity contribution >= 4 is 21.6 Å². The Kier molecular flexibility index (Phi) is 5.20. The van der Waals surface area contributed by atoms with Gasteiger partial charge in [-0.05, 0) is 44.0 Å². The molecule has 0 atom stereocenters. The highest BCUT2D eigenvalue weighted by molar-refractivity contribution is 7.89. The number of nitrogens with one attached hydrogen (secondary N) is 1. The van der Waals surface area contributed by atoms with Crippen molar-refractivity contribution in [2.45, 2.75) is 24.7 Å². The van der Waals surface area contributed by atoms with Crippen molar-refractivity contribution in [1.29, 1.82) is 0 Å². The van der Waals surface area contributed by atoms with Gasteiger partial charge < -0.3 is 10.1 Å². The highest BCUT2D eigenvalue weighted by Gasteiger charge is 2.30. The van der Waals surface area contributed by atoms with Gasteiger partial charge in [0.1, 0.15) is 10.6 Å². The summed E-state index contributed by atoms with van der Waals surface area (Å²) in [5.74, 6) is -0.0975. The molecule has 0 aromatic heterocycles. The van der Waals surface area contributed by atoms with Crippen LogP contribution in [0.1, 0.15) is 19.8 Å². The summed E-state index contributed by atoms with van der Waals surface area (Å²) < 4.78 is 32.4. The number of amides is 1. The van der Waals surface area contributed by atoms with E-state index in [9.17, 15) is 13.2 Å². The van der Waals surface area contributed by atoms with Crippen LogP contribution in [0.3, 0.4) is 0 Å². The Morgan fingerprint density at radius 3 is 2.68 bits per heavy atom. The summed E-state index contributed by atoms with van der Waals surface area (Å²) in [5.41, 5.74) is 0.395. The van der Waals surface area contributed by atoms with Crippen LogP contribution in [0.15, 0.2) is 35.7 Å². The van der Waals surface area contributed by atoms with Gasteiger partial charge in [0.2, 0.25) is 15.9 Å². The van der Waals surface area contributed by atoms with E-state index in [1.807, 2.05) is 0 Å². The maximum atomic E-state index is 12.8. The van der Waals surface area contributed by atoms with E-state index in [4.69, 9.17) is 4.74 Å². The van der Waals surface area contributed by atoms with Crippen LogP contribution < -0.4 is 10.1 Å². The Balaban J connectivity index is 2.42. The lowest BCUT2D eigenvalue weighted by molar-refractivity contribution is -0.111. The molecule has 120 valence electrons. The van der Waals surface area contributed by atoms with Gasteiger partial charge in [-0.25, -0.2) is 8.42 Å². The smallest absolute Gasteiger partial charge is 0.247 e. The number of benzene rings is 1. The Bertz CT molecular complexity index is 664. The largest absolute Gasteiger partial charge is 0.492 e. The zero-order valence-corrected chi connectivity index (χ0v) is 13.4. The van der Waals surface area contributed by atoms with Gasteiger partial charge in [0.15, 0.2) is 0 Å². The van der Waals surface area contributed by atoms with Gasteiger partial charge >= 0.3 is 0 Å². The van der Waals surface area contributed by atoms with Crippen molar-refractivity contribution in [3.63, 3.8) is 0 Å². The van der Waals surface area contributed by atoms with Crippen LogP contribution in [-0.4, -0.2) is 38.3 Å². The summed E-state index contributed by atoms with van der Waals surface area (Å²) in [7, 11) is -3.63. The maximum absolute atomic E-state index is 12.8. The lowest BCUT2D eigenvalue weighted by Gasteiger charge is -2.19. The summed E-state index contributed by atoms with van der Waals surface area (Å²) in [5, 5.41) is 2.57. The van der Waals surface area contributed by atoms with Crippen molar-refractivity contribution in [2.24, 2.45) is 0 Å². The molecule has 1 saturated heterocycles. The fourth-order valence-corrected chi connectivity index (χ4v) is 4.00. The molecule has 6 nitrogen and oxygen atoms in total. The maximum Gasteiger partial charge on any atom is 0.247 e. The first-order chi connectivity index (χ1) is 10.5. The van der Waals surface area contributed by atoms with E-state index < -0.39 is 15.9 Å². The fraction of sp³-hybridized carbons (Fsp3) is 0.400. The first-order valence-electron chi connectivity index (χ1n) is 7.19. The summed E-state index contributed by atoms with van der Waals surface area (Å²) in [6.07, 6.45) is 2.84. The Labute approximate surface area is 130 Å². The zero-order chi connectivity index (χ0) is 16.2. The van der Waals surface area contributed by atoms with E-state index in [2.05, 4.69) is 11.9 Å². The number of hydrogen-bond acceptors (Lipinski definition) is 4. The number of rotatable bonds is 6. The SMILES string of the molecule is C=CC(=O)Nc1ccc(OCC)c(S(=O)(=O)N2CCCC2)c1. The van der Waals surface area contributed by atoms with Crippen molar-refractivity contribution in [3.8, 4) is 5.75 Å². The average Bonchev–Trinajstić information content (AvgIpc) is 3.04. The van der Waals surface area contributed by atoms with Crippen LogP contribution in [0, 0.1) is 0 Å². The molecule has 0 bridgehead atoms. The van der Waals surface area contributed by atoms with Gasteiger partial charge in [-0.1, -0.05) is 6.58 Å². The van der Waals surface area contributed by atoms with Crippen LogP contribution in [0.5, 0.6) is 5.75 Å². The minimum atomic E-state index is -3.63. The zero-order valence-electron chi connectivity index (χ0n) is 12.5. The van der Waals surface area contributed by atoms with Crippen LogP contribution in [0.2, 0.25) is 0 Å². The second-order valence-corrected chi connectivity index (χ2v) is 6.81. The van der Waals surface area contributed by atoms with E-state index in [-0.39, 0.29) is 4.90 Å². The van der Waals surface area contributed by atoms with Gasteiger partial charge in [-0.15, -0.1) is 0 Å². The monoisotopic (exact) mass is 324 g/mol. The number of hydrogen-bond donors (Lipinski definition) is 1. The molecule has 0 saturated carbocycles. The molecule has 1 aliphatic heterocycles. The Morgan fingerprint density at radius 2 is 2.09 bits per heavy atom. The molecule has 0 spiro atoms. The summed E-state index contributed by atoms with van der Waals surface area (Å²) >= 11 is 0. The molecule has 0 unspecified atom stereocenters. The molecule has 7 heteroatoms. The molecule has 22 heavy (non-hydrogen) atoms. The van der Waals surface area contributed by atoms with Gasteiger partial charge in [-0.3, -0.25) is 4.79 Å². The first kappa shape index (κ1) is 16.5. The van der Waals surface area contributed by atoms with Crippen LogP contribution in [0.25, 0.3) is 0 Å². The lowest BCUT2D eigenvalue weighted by atomic mass is 10.3. The molecule has 1 N–H and O–H groups in total. The third kappa shape index (κ3) is 3.48. The predicted molar refractivity (Wildman–Crippen MR) is 84.4 cm³/mol. The summed E-state index contributed by atoms with van der Waals surface area (Å²) in [4.78, 5) is 11.5. The molecule has 0 aliphatic carbocycles. The topological polar surface area (TPSA) is 75.7 Å². The summed E-state index contributed by atoms with van der Waals surface area (Å²) in [6, 6.07) is 4.60. The number of carbonyl (C=O) groups excluding carboxylic acids is 1. The Morgan fingerprint density at radius 1 is 1.41 bits per heavy atom. The Hall–Kier alpha value is -1.86. The van der Waals surface area contributed by atoms with E-state index in [1.54, 1.807) is 19.1 Å². The highest BCUT2D eigenvalue weighted by Crippen LogP contribution is 2.31. The fourth-order valence-electron chi connectivity index (χ4n) is 2.32. The number of sulfonamides is 1. The molecular formula is C15H20N2O4S. The quantitative estimate of drug-likeness (QED) is 0.812. The van der Waals surface area contributed by atoms with Gasteiger partial charge in [-0.2, -0.15) is 4.31 Å². The lowest BCUT2D eigenvalue weighted by Crippen LogP contribution is -2.28. The first-order valence-corrected chi connectivity index (χ1v) is 8.63. The number of anilines is 1. The van der Waals surface area contributed by atoms with Crippen LogP contribution >= 0.6 is 0 Å². The van der Waals surface area contributed by atoms with Crippen molar-refractivity contribution in [2.75, 3.05) is 25.0 Å². The second kappa shape index (κ2) is 6.93. The highest BCUT2D eigenvalue weighted by atomic mass is 32.2. The van der Waals surface area contributed by atoms with Crippen molar-refractivity contribution in [3.05, 3.63) is 30.9 Å². The molecule has 1 aromatic carbocycles. The van der Waals surface area contributed by atoms with Gasteiger partial charge in [0, 0.05) is 18.8 Å². The van der Waals surface area contributed by atoms with Crippen molar-refractivity contribution < 1.29 is 17.9 Å². The molecule has 1 aliphatic rings. The van der Waals surface area contributed by atoms with E-state index >= 15 is 0 Å². The second-order valence-electron chi connectivity index (χ2n) is 4.90. The standard InChI is InChI=1S/C15H20N2O4S/c1-3-15(18)16-12-7-8-13(21-4-2)14(11-12)22(19,20)17-9-5-6-10-17/h3,7-8,11H,1,4-6,9-10H2,2H3,(H,16,18). The number of nitrogens with zero attached hydrogens (tertiary/aromatic N) is 1. The molecule has 2 rings (SSSR count). The molecule has 1 amide bonds. The van der Waals surface area contributed by atoms with Crippen LogP contribution in [-0.2, 0) is 14.8 Å². The predicted octanol–water partition coefficient (Wildman–Crippen LogP) is 1.99. The molecule has 1 fully saturated rings. The molecule has 1 heterocycles. The van der Waals surface area contributed by atoms with Gasteiger partial charge in [0.05, 0.1) is 6.61 Å². The summed E-state index contributed by atoms with van der Waals surface area (Å²) in [6.45, 7) is 6.55. The third-order valence-corrected chi connectivity index (χ3v) is 5.30. The molecule has 0 radical (unpaired) electrons. The normalized spacial score (nSPS) is 15.5. The molecule has 1 aromatic rings.